The molecule has 2 heterocycles. The lowest BCUT2D eigenvalue weighted by molar-refractivity contribution is 0.0691. The second-order valence-electron chi connectivity index (χ2n) is 3.82. The number of benzene rings is 1. The number of halogens is 1. The van der Waals surface area contributed by atoms with Gasteiger partial charge in [0, 0.05) is 18.0 Å². The SMILES string of the molecule is Cn1nc(C(=O)O)c2c3cc(F)ccc3[nH]c21. The second kappa shape index (κ2) is 3.07. The summed E-state index contributed by atoms with van der Waals surface area (Å²) in [5.41, 5.74) is 1.19. The zero-order valence-electron chi connectivity index (χ0n) is 8.86. The molecule has 0 radical (unpaired) electrons. The van der Waals surface area contributed by atoms with Gasteiger partial charge in [0.05, 0.1) is 5.39 Å². The first-order chi connectivity index (χ1) is 8.08. The Morgan fingerprint density at radius 1 is 1.53 bits per heavy atom. The molecule has 0 aliphatic heterocycles. The molecule has 3 rings (SSSR count). The first kappa shape index (κ1) is 9.83. The van der Waals surface area contributed by atoms with Crippen LogP contribution in [0.3, 0.4) is 0 Å². The van der Waals surface area contributed by atoms with E-state index in [1.807, 2.05) is 0 Å². The maximum atomic E-state index is 13.2. The van der Waals surface area contributed by atoms with Crippen LogP contribution in [-0.2, 0) is 7.05 Å². The quantitative estimate of drug-likeness (QED) is 0.674. The molecule has 0 atom stereocenters. The van der Waals surface area contributed by atoms with Crippen LogP contribution < -0.4 is 0 Å². The van der Waals surface area contributed by atoms with Crippen molar-refractivity contribution in [3.8, 4) is 0 Å². The lowest BCUT2D eigenvalue weighted by atomic mass is 10.2. The third-order valence-electron chi connectivity index (χ3n) is 2.75. The van der Waals surface area contributed by atoms with Gasteiger partial charge in [-0.15, -0.1) is 0 Å². The minimum atomic E-state index is -1.12. The van der Waals surface area contributed by atoms with Crippen molar-refractivity contribution in [2.75, 3.05) is 0 Å². The van der Waals surface area contributed by atoms with Crippen molar-refractivity contribution in [2.24, 2.45) is 7.05 Å². The molecule has 0 fully saturated rings. The summed E-state index contributed by atoms with van der Waals surface area (Å²) in [5.74, 6) is -1.53. The molecule has 17 heavy (non-hydrogen) atoms. The van der Waals surface area contributed by atoms with Gasteiger partial charge in [-0.1, -0.05) is 0 Å². The smallest absolute Gasteiger partial charge is 0.357 e. The number of carbonyl (C=O) groups is 1. The minimum absolute atomic E-state index is 0.0700. The summed E-state index contributed by atoms with van der Waals surface area (Å²) in [6.45, 7) is 0. The number of nitrogens with one attached hydrogen (secondary N) is 1. The number of rotatable bonds is 1. The van der Waals surface area contributed by atoms with Crippen molar-refractivity contribution in [1.82, 2.24) is 14.8 Å². The van der Waals surface area contributed by atoms with Crippen molar-refractivity contribution in [3.63, 3.8) is 0 Å². The summed E-state index contributed by atoms with van der Waals surface area (Å²) < 4.78 is 14.6. The summed E-state index contributed by atoms with van der Waals surface area (Å²) in [4.78, 5) is 14.1. The monoisotopic (exact) mass is 233 g/mol. The Morgan fingerprint density at radius 3 is 3.00 bits per heavy atom. The lowest BCUT2D eigenvalue weighted by Crippen LogP contribution is -2.00. The zero-order chi connectivity index (χ0) is 12.2. The van der Waals surface area contributed by atoms with Gasteiger partial charge in [-0.2, -0.15) is 5.10 Å². The van der Waals surface area contributed by atoms with Crippen molar-refractivity contribution < 1.29 is 14.3 Å². The summed E-state index contributed by atoms with van der Waals surface area (Å²) >= 11 is 0. The molecule has 0 amide bonds. The molecule has 2 N–H and O–H groups in total. The van der Waals surface area contributed by atoms with Crippen molar-refractivity contribution >= 4 is 27.9 Å². The number of aromatic carboxylic acids is 1. The van der Waals surface area contributed by atoms with Gasteiger partial charge in [0.25, 0.3) is 0 Å². The van der Waals surface area contributed by atoms with Crippen LogP contribution in [0, 0.1) is 5.82 Å². The number of fused-ring (bicyclic) bond motifs is 3. The van der Waals surface area contributed by atoms with E-state index in [1.165, 1.54) is 16.8 Å². The standard InChI is InChI=1S/C11H8FN3O2/c1-15-10-8(9(14-15)11(16)17)6-4-5(12)2-3-7(6)13-10/h2-4,13H,1H3,(H,16,17). The van der Waals surface area contributed by atoms with Gasteiger partial charge >= 0.3 is 5.97 Å². The second-order valence-corrected chi connectivity index (χ2v) is 3.82. The highest BCUT2D eigenvalue weighted by Gasteiger charge is 2.19. The van der Waals surface area contributed by atoms with Crippen molar-refractivity contribution in [3.05, 3.63) is 29.7 Å². The van der Waals surface area contributed by atoms with E-state index in [-0.39, 0.29) is 5.69 Å². The Labute approximate surface area is 94.5 Å². The number of carboxylic acids is 1. The Kier molecular flexibility index (Phi) is 1.77. The van der Waals surface area contributed by atoms with E-state index in [0.29, 0.717) is 21.9 Å². The fourth-order valence-corrected chi connectivity index (χ4v) is 2.03. The molecule has 5 nitrogen and oxygen atoms in total. The fraction of sp³-hybridized carbons (Fsp3) is 0.0909. The van der Waals surface area contributed by atoms with Crippen LogP contribution in [0.15, 0.2) is 18.2 Å². The number of nitrogens with zero attached hydrogens (tertiary/aromatic N) is 2. The van der Waals surface area contributed by atoms with Crippen LogP contribution in [0.2, 0.25) is 0 Å². The number of aromatic amines is 1. The van der Waals surface area contributed by atoms with E-state index >= 15 is 0 Å². The van der Waals surface area contributed by atoms with E-state index in [1.54, 1.807) is 13.1 Å². The van der Waals surface area contributed by atoms with Gasteiger partial charge in [-0.3, -0.25) is 4.68 Å². The predicted molar refractivity (Wildman–Crippen MR) is 59.5 cm³/mol. The first-order valence-corrected chi connectivity index (χ1v) is 4.95. The lowest BCUT2D eigenvalue weighted by Gasteiger charge is -1.92. The van der Waals surface area contributed by atoms with Gasteiger partial charge in [0.1, 0.15) is 11.5 Å². The molecule has 6 heteroatoms. The normalized spacial score (nSPS) is 11.4. The van der Waals surface area contributed by atoms with Crippen LogP contribution in [0.4, 0.5) is 4.39 Å². The highest BCUT2D eigenvalue weighted by atomic mass is 19.1. The van der Waals surface area contributed by atoms with Crippen LogP contribution in [0.5, 0.6) is 0 Å². The molecule has 0 bridgehead atoms. The Hall–Kier alpha value is -2.37. The number of aryl methyl sites for hydroxylation is 1. The van der Waals surface area contributed by atoms with E-state index in [0.717, 1.165) is 0 Å². The van der Waals surface area contributed by atoms with Gasteiger partial charge < -0.3 is 10.1 Å². The van der Waals surface area contributed by atoms with Gasteiger partial charge in [-0.05, 0) is 18.2 Å². The average Bonchev–Trinajstić information content (AvgIpc) is 2.77. The molecule has 0 spiro atoms. The molecule has 0 unspecified atom stereocenters. The van der Waals surface area contributed by atoms with Crippen LogP contribution >= 0.6 is 0 Å². The summed E-state index contributed by atoms with van der Waals surface area (Å²) in [7, 11) is 1.64. The third kappa shape index (κ3) is 1.24. The topological polar surface area (TPSA) is 70.9 Å². The number of aromatic nitrogens is 3. The molecule has 0 saturated heterocycles. The van der Waals surface area contributed by atoms with Crippen molar-refractivity contribution in [1.29, 1.82) is 0 Å². The van der Waals surface area contributed by atoms with Crippen molar-refractivity contribution in [2.45, 2.75) is 0 Å². The Balaban J connectivity index is 2.56. The van der Waals surface area contributed by atoms with Crippen LogP contribution in [-0.4, -0.2) is 25.8 Å². The number of H-pyrrole nitrogens is 1. The van der Waals surface area contributed by atoms with Crippen LogP contribution in [0.25, 0.3) is 21.9 Å². The van der Waals surface area contributed by atoms with Crippen LogP contribution in [0.1, 0.15) is 10.5 Å². The largest absolute Gasteiger partial charge is 0.476 e. The van der Waals surface area contributed by atoms with E-state index < -0.39 is 11.8 Å². The molecular weight excluding hydrogens is 225 g/mol. The maximum absolute atomic E-state index is 13.2. The van der Waals surface area contributed by atoms with Gasteiger partial charge in [-0.25, -0.2) is 9.18 Å². The number of hydrogen-bond acceptors (Lipinski definition) is 2. The predicted octanol–water partition coefficient (Wildman–Crippen LogP) is 1.89. The molecule has 3 aromatic rings. The highest BCUT2D eigenvalue weighted by Crippen LogP contribution is 2.28. The van der Waals surface area contributed by atoms with Gasteiger partial charge in [0.15, 0.2) is 5.69 Å². The molecule has 86 valence electrons. The molecule has 0 aliphatic carbocycles. The molecular formula is C11H8FN3O2. The zero-order valence-corrected chi connectivity index (χ0v) is 8.86. The third-order valence-corrected chi connectivity index (χ3v) is 2.75. The summed E-state index contributed by atoms with van der Waals surface area (Å²) in [6, 6.07) is 4.21. The molecule has 0 saturated carbocycles. The Bertz CT molecular complexity index is 757. The van der Waals surface area contributed by atoms with E-state index in [9.17, 15) is 9.18 Å². The minimum Gasteiger partial charge on any atom is -0.476 e. The highest BCUT2D eigenvalue weighted by molar-refractivity contribution is 6.14. The average molecular weight is 233 g/mol. The number of hydrogen-bond donors (Lipinski definition) is 2. The Morgan fingerprint density at radius 2 is 2.29 bits per heavy atom. The molecule has 0 aliphatic rings. The summed E-state index contributed by atoms with van der Waals surface area (Å²) in [5, 5.41) is 13.9. The molecule has 2 aromatic heterocycles. The maximum Gasteiger partial charge on any atom is 0.357 e. The van der Waals surface area contributed by atoms with E-state index in [2.05, 4.69) is 10.1 Å². The van der Waals surface area contributed by atoms with Gasteiger partial charge in [0.2, 0.25) is 0 Å². The first-order valence-electron chi connectivity index (χ1n) is 4.95. The fourth-order valence-electron chi connectivity index (χ4n) is 2.03. The summed E-state index contributed by atoms with van der Waals surface area (Å²) in [6.07, 6.45) is 0. The molecule has 1 aromatic carbocycles. The number of carboxylic acid groups (broad SMARTS) is 1. The van der Waals surface area contributed by atoms with E-state index in [4.69, 9.17) is 5.11 Å².